The van der Waals surface area contributed by atoms with Gasteiger partial charge in [-0.2, -0.15) is 0 Å². The largest absolute Gasteiger partial charge is 0.490 e. The number of methoxy groups -OCH3 is 1. The van der Waals surface area contributed by atoms with Crippen LogP contribution in [0.4, 0.5) is 5.69 Å². The van der Waals surface area contributed by atoms with Crippen LogP contribution in [0.2, 0.25) is 0 Å². The Kier molecular flexibility index (Phi) is 9.87. The topological polar surface area (TPSA) is 132 Å². The fourth-order valence-corrected chi connectivity index (χ4v) is 6.02. The number of aromatic nitrogens is 2. The standard InChI is InChI=1S/C36H40N4O6/c1-36(2,35(44)38-26-15-12-23(14-17-31(41)42)30(22-26)46-20-19-45-4)39-34(43)25-13-16-27-29(21-25)40(3)33(28-11-7-8-18-37-28)32(27)24-9-5-6-10-24/h7-8,11-18,21-22,24H,5-6,9-10,19-20H2,1-4H3,(H,38,44)(H,39,43)(H,41,42). The summed E-state index contributed by atoms with van der Waals surface area (Å²) < 4.78 is 12.9. The molecule has 2 amide bonds. The summed E-state index contributed by atoms with van der Waals surface area (Å²) in [6, 6.07) is 16.5. The number of carbonyl (C=O) groups excluding carboxylic acids is 2. The molecule has 1 aliphatic carbocycles. The Morgan fingerprint density at radius 3 is 2.54 bits per heavy atom. The summed E-state index contributed by atoms with van der Waals surface area (Å²) in [6.07, 6.45) is 8.90. The third kappa shape index (κ3) is 7.13. The maximum Gasteiger partial charge on any atom is 0.328 e. The van der Waals surface area contributed by atoms with Gasteiger partial charge in [-0.1, -0.05) is 25.0 Å². The van der Waals surface area contributed by atoms with E-state index in [1.54, 1.807) is 45.4 Å². The van der Waals surface area contributed by atoms with Gasteiger partial charge in [0.1, 0.15) is 17.9 Å². The molecule has 1 saturated carbocycles. The van der Waals surface area contributed by atoms with Crippen molar-refractivity contribution in [2.24, 2.45) is 7.05 Å². The minimum atomic E-state index is -1.27. The number of carbonyl (C=O) groups is 3. The Balaban J connectivity index is 1.37. The Morgan fingerprint density at radius 1 is 1.07 bits per heavy atom. The van der Waals surface area contributed by atoms with Crippen molar-refractivity contribution in [1.29, 1.82) is 0 Å². The maximum atomic E-state index is 13.6. The van der Waals surface area contributed by atoms with Gasteiger partial charge in [-0.15, -0.1) is 0 Å². The molecule has 0 atom stereocenters. The average Bonchev–Trinajstić information content (AvgIpc) is 3.67. The molecular formula is C36H40N4O6. The number of nitrogens with one attached hydrogen (secondary N) is 2. The number of aliphatic carboxylic acids is 1. The molecule has 2 aromatic heterocycles. The average molecular weight is 625 g/mol. The van der Waals surface area contributed by atoms with Crippen molar-refractivity contribution in [1.82, 2.24) is 14.9 Å². The van der Waals surface area contributed by atoms with Crippen molar-refractivity contribution >= 4 is 40.4 Å². The van der Waals surface area contributed by atoms with Crippen LogP contribution in [-0.4, -0.2) is 58.3 Å². The summed E-state index contributed by atoms with van der Waals surface area (Å²) in [6.45, 7) is 3.84. The second-order valence-electron chi connectivity index (χ2n) is 12.0. The van der Waals surface area contributed by atoms with Crippen LogP contribution in [0, 0.1) is 0 Å². The number of rotatable bonds is 12. The van der Waals surface area contributed by atoms with Crippen molar-refractivity contribution in [2.45, 2.75) is 51.0 Å². The third-order valence-corrected chi connectivity index (χ3v) is 8.39. The highest BCUT2D eigenvalue weighted by Gasteiger charge is 2.31. The number of ether oxygens (including phenoxy) is 2. The predicted octanol–water partition coefficient (Wildman–Crippen LogP) is 6.17. The molecule has 0 aliphatic heterocycles. The van der Waals surface area contributed by atoms with Gasteiger partial charge in [-0.3, -0.25) is 14.6 Å². The summed E-state index contributed by atoms with van der Waals surface area (Å²) in [5.74, 6) is -1.07. The Morgan fingerprint density at radius 2 is 1.85 bits per heavy atom. The Bertz CT molecular complexity index is 1770. The quantitative estimate of drug-likeness (QED) is 0.127. The summed E-state index contributed by atoms with van der Waals surface area (Å²) in [5.41, 5.74) is 4.35. The van der Waals surface area contributed by atoms with E-state index >= 15 is 0 Å². The SMILES string of the molecule is COCCOc1cc(NC(=O)C(C)(C)NC(=O)c2ccc3c(C4CCCC4)c(-c4ccccn4)n(C)c3c2)ccc1C=CC(=O)O. The molecule has 10 heteroatoms. The van der Waals surface area contributed by atoms with Gasteiger partial charge in [0.15, 0.2) is 0 Å². The molecule has 240 valence electrons. The number of hydrogen-bond acceptors (Lipinski definition) is 6. The molecule has 46 heavy (non-hydrogen) atoms. The van der Waals surface area contributed by atoms with Gasteiger partial charge in [0.2, 0.25) is 5.91 Å². The first kappa shape index (κ1) is 32.4. The van der Waals surface area contributed by atoms with Crippen molar-refractivity contribution in [3.63, 3.8) is 0 Å². The van der Waals surface area contributed by atoms with E-state index in [9.17, 15) is 14.4 Å². The first-order chi connectivity index (χ1) is 22.1. The summed E-state index contributed by atoms with van der Waals surface area (Å²) in [7, 11) is 3.56. The lowest BCUT2D eigenvalue weighted by molar-refractivity contribution is -0.131. The van der Waals surface area contributed by atoms with E-state index in [1.165, 1.54) is 24.5 Å². The summed E-state index contributed by atoms with van der Waals surface area (Å²) in [4.78, 5) is 42.6. The lowest BCUT2D eigenvalue weighted by Gasteiger charge is -2.25. The minimum Gasteiger partial charge on any atom is -0.490 e. The molecule has 2 aromatic carbocycles. The highest BCUT2D eigenvalue weighted by Crippen LogP contribution is 2.44. The smallest absolute Gasteiger partial charge is 0.328 e. The second kappa shape index (κ2) is 14.0. The lowest BCUT2D eigenvalue weighted by Crippen LogP contribution is -2.52. The molecule has 0 unspecified atom stereocenters. The molecule has 1 aliphatic rings. The molecule has 1 fully saturated rings. The highest BCUT2D eigenvalue weighted by molar-refractivity contribution is 6.05. The van der Waals surface area contributed by atoms with E-state index < -0.39 is 17.4 Å². The molecule has 10 nitrogen and oxygen atoms in total. The number of amides is 2. The minimum absolute atomic E-state index is 0.236. The Labute approximate surface area is 268 Å². The number of nitrogens with zero attached hydrogens (tertiary/aromatic N) is 2. The van der Waals surface area contributed by atoms with E-state index in [4.69, 9.17) is 14.6 Å². The van der Waals surface area contributed by atoms with Crippen LogP contribution in [0.5, 0.6) is 5.75 Å². The van der Waals surface area contributed by atoms with E-state index in [0.717, 1.165) is 41.2 Å². The van der Waals surface area contributed by atoms with Crippen molar-refractivity contribution in [2.75, 3.05) is 25.6 Å². The van der Waals surface area contributed by atoms with Crippen molar-refractivity contribution in [3.05, 3.63) is 83.6 Å². The zero-order valence-electron chi connectivity index (χ0n) is 26.6. The molecule has 5 rings (SSSR count). The number of anilines is 1. The summed E-state index contributed by atoms with van der Waals surface area (Å²) in [5, 5.41) is 15.9. The number of hydrogen-bond donors (Lipinski definition) is 3. The molecule has 3 N–H and O–H groups in total. The summed E-state index contributed by atoms with van der Waals surface area (Å²) >= 11 is 0. The van der Waals surface area contributed by atoms with Crippen LogP contribution in [0.3, 0.4) is 0 Å². The van der Waals surface area contributed by atoms with Crippen molar-refractivity contribution < 1.29 is 29.0 Å². The number of benzene rings is 2. The van der Waals surface area contributed by atoms with Crippen LogP contribution in [0.15, 0.2) is 66.9 Å². The van der Waals surface area contributed by atoms with Gasteiger partial charge in [-0.25, -0.2) is 4.79 Å². The molecular weight excluding hydrogens is 584 g/mol. The molecule has 0 radical (unpaired) electrons. The maximum absolute atomic E-state index is 13.6. The molecule has 2 heterocycles. The number of carboxylic acids is 1. The number of fused-ring (bicyclic) bond motifs is 1. The van der Waals surface area contributed by atoms with Crippen molar-refractivity contribution in [3.8, 4) is 17.1 Å². The third-order valence-electron chi connectivity index (χ3n) is 8.39. The lowest BCUT2D eigenvalue weighted by atomic mass is 9.93. The molecule has 4 aromatic rings. The zero-order chi connectivity index (χ0) is 32.8. The number of aryl methyl sites for hydroxylation is 1. The zero-order valence-corrected chi connectivity index (χ0v) is 26.6. The van der Waals surface area contributed by atoms with E-state index in [2.05, 4.69) is 20.2 Å². The number of carboxylic acid groups (broad SMARTS) is 1. The molecule has 0 saturated heterocycles. The normalized spacial score (nSPS) is 13.7. The number of pyridine rings is 1. The fourth-order valence-electron chi connectivity index (χ4n) is 6.02. The Hall–Kier alpha value is -4.96. The van der Waals surface area contributed by atoms with Crippen LogP contribution < -0.4 is 15.4 Å². The van der Waals surface area contributed by atoms with Gasteiger partial charge < -0.3 is 29.8 Å². The van der Waals surface area contributed by atoms with Crippen LogP contribution >= 0.6 is 0 Å². The van der Waals surface area contributed by atoms with Gasteiger partial charge in [0, 0.05) is 60.2 Å². The van der Waals surface area contributed by atoms with Gasteiger partial charge in [0.05, 0.1) is 18.0 Å². The molecule has 0 spiro atoms. The van der Waals surface area contributed by atoms with Gasteiger partial charge in [0.25, 0.3) is 5.91 Å². The monoisotopic (exact) mass is 624 g/mol. The molecule has 0 bridgehead atoms. The fraction of sp³-hybridized carbons (Fsp3) is 0.333. The van der Waals surface area contributed by atoms with E-state index in [-0.39, 0.29) is 12.5 Å². The van der Waals surface area contributed by atoms with Crippen LogP contribution in [-0.2, 0) is 21.4 Å². The van der Waals surface area contributed by atoms with E-state index in [0.29, 0.717) is 35.1 Å². The first-order valence-electron chi connectivity index (χ1n) is 15.4. The van der Waals surface area contributed by atoms with E-state index in [1.807, 2.05) is 43.4 Å². The highest BCUT2D eigenvalue weighted by atomic mass is 16.5. The van der Waals surface area contributed by atoms with Gasteiger partial charge in [-0.05, 0) is 80.6 Å². The van der Waals surface area contributed by atoms with Crippen LogP contribution in [0.25, 0.3) is 28.4 Å². The van der Waals surface area contributed by atoms with Crippen LogP contribution in [0.1, 0.15) is 66.9 Å². The second-order valence-corrected chi connectivity index (χ2v) is 12.0. The first-order valence-corrected chi connectivity index (χ1v) is 15.4. The van der Waals surface area contributed by atoms with Gasteiger partial charge >= 0.3 is 5.97 Å². The predicted molar refractivity (Wildman–Crippen MR) is 178 cm³/mol.